The molecule has 0 fully saturated rings. The lowest BCUT2D eigenvalue weighted by Crippen LogP contribution is -1.96. The number of thiol groups is 1. The fourth-order valence-electron chi connectivity index (χ4n) is 2.24. The predicted octanol–water partition coefficient (Wildman–Crippen LogP) is 6.16. The van der Waals surface area contributed by atoms with Crippen LogP contribution in [0.25, 0.3) is 11.1 Å². The lowest BCUT2D eigenvalue weighted by molar-refractivity contribution is 0.373. The zero-order chi connectivity index (χ0) is 19.7. The van der Waals surface area contributed by atoms with Crippen molar-refractivity contribution in [1.82, 2.24) is 0 Å². The minimum atomic E-state index is -0.0394. The Morgan fingerprint density at radius 1 is 1.00 bits per heavy atom. The Bertz CT molecular complexity index is 725. The van der Waals surface area contributed by atoms with E-state index < -0.39 is 0 Å². The van der Waals surface area contributed by atoms with Crippen LogP contribution in [0.3, 0.4) is 0 Å². The number of hydrogen-bond donors (Lipinski definition) is 3. The lowest BCUT2D eigenvalue weighted by Gasteiger charge is -2.14. The number of methoxy groups -OCH3 is 1. The third-order valence-corrected chi connectivity index (χ3v) is 3.77. The van der Waals surface area contributed by atoms with E-state index in [1.54, 1.807) is 24.3 Å². The standard InChI is InChI=1S/C16H16O3S2.2C2H6/c1-8-4-14(17)12(7-11(8)9(2)20)13-5-10(21)6-15(19-3)16(13)18;2*1-2/h4-7,17-18,21H,1-3H3;2*1-2H3. The highest BCUT2D eigenvalue weighted by Gasteiger charge is 2.16. The Labute approximate surface area is 162 Å². The summed E-state index contributed by atoms with van der Waals surface area (Å²) in [6, 6.07) is 6.69. The monoisotopic (exact) mass is 380 g/mol. The van der Waals surface area contributed by atoms with Gasteiger partial charge in [0.05, 0.1) is 7.11 Å². The first-order valence-corrected chi connectivity index (χ1v) is 9.15. The maximum absolute atomic E-state index is 10.3. The molecule has 0 atom stereocenters. The van der Waals surface area contributed by atoms with Crippen LogP contribution in [0.15, 0.2) is 29.2 Å². The molecule has 0 amide bonds. The molecule has 5 heteroatoms. The molecule has 0 aliphatic carbocycles. The van der Waals surface area contributed by atoms with Crippen LogP contribution in [0.4, 0.5) is 0 Å². The topological polar surface area (TPSA) is 49.7 Å². The maximum Gasteiger partial charge on any atom is 0.165 e. The molecule has 0 bridgehead atoms. The van der Waals surface area contributed by atoms with Crippen molar-refractivity contribution in [3.05, 3.63) is 35.4 Å². The van der Waals surface area contributed by atoms with Crippen LogP contribution in [0.5, 0.6) is 17.2 Å². The van der Waals surface area contributed by atoms with E-state index in [1.807, 2.05) is 41.5 Å². The fraction of sp³-hybridized carbons (Fsp3) is 0.350. The summed E-state index contributed by atoms with van der Waals surface area (Å²) in [7, 11) is 1.47. The van der Waals surface area contributed by atoms with E-state index in [9.17, 15) is 10.2 Å². The van der Waals surface area contributed by atoms with Gasteiger partial charge in [0.1, 0.15) is 5.75 Å². The quantitative estimate of drug-likeness (QED) is 0.339. The number of thiocarbonyl (C=S) groups is 1. The Kier molecular flexibility index (Phi) is 10.2. The predicted molar refractivity (Wildman–Crippen MR) is 114 cm³/mol. The summed E-state index contributed by atoms with van der Waals surface area (Å²) in [4.78, 5) is 1.35. The molecule has 0 aromatic heterocycles. The van der Waals surface area contributed by atoms with Crippen LogP contribution in [0.1, 0.15) is 45.7 Å². The van der Waals surface area contributed by atoms with Crippen molar-refractivity contribution < 1.29 is 14.9 Å². The summed E-state index contributed by atoms with van der Waals surface area (Å²) in [5.41, 5.74) is 2.69. The van der Waals surface area contributed by atoms with Crippen LogP contribution in [-0.2, 0) is 0 Å². The molecule has 0 saturated heterocycles. The van der Waals surface area contributed by atoms with E-state index in [-0.39, 0.29) is 11.5 Å². The average Bonchev–Trinajstić information content (AvgIpc) is 2.60. The first kappa shape index (κ1) is 23.3. The molecular weight excluding hydrogens is 352 g/mol. The van der Waals surface area contributed by atoms with Gasteiger partial charge in [-0.15, -0.1) is 12.6 Å². The Hall–Kier alpha value is -1.72. The summed E-state index contributed by atoms with van der Waals surface area (Å²) in [5, 5.41) is 20.5. The van der Waals surface area contributed by atoms with Crippen LogP contribution < -0.4 is 4.74 Å². The highest BCUT2D eigenvalue weighted by Crippen LogP contribution is 2.43. The SMILES string of the molecule is CC.CC.COc1cc(S)cc(-c2cc(C(C)=S)c(C)cc2O)c1O. The molecule has 2 N–H and O–H groups in total. The first-order chi connectivity index (χ1) is 11.8. The molecule has 138 valence electrons. The van der Waals surface area contributed by atoms with E-state index in [0.29, 0.717) is 21.8 Å². The number of phenolic OH excluding ortho intramolecular Hbond substituents is 2. The first-order valence-electron chi connectivity index (χ1n) is 8.30. The third kappa shape index (κ3) is 5.65. The van der Waals surface area contributed by atoms with Crippen LogP contribution in [-0.4, -0.2) is 22.2 Å². The molecule has 0 aliphatic rings. The second kappa shape index (κ2) is 11.0. The number of hydrogen-bond acceptors (Lipinski definition) is 5. The molecule has 2 aromatic carbocycles. The summed E-state index contributed by atoms with van der Waals surface area (Å²) in [6.45, 7) is 11.7. The number of rotatable bonds is 3. The molecule has 0 unspecified atom stereocenters. The van der Waals surface area contributed by atoms with Crippen molar-refractivity contribution in [3.63, 3.8) is 0 Å². The number of benzene rings is 2. The van der Waals surface area contributed by atoms with Crippen molar-refractivity contribution in [2.75, 3.05) is 7.11 Å². The van der Waals surface area contributed by atoms with Gasteiger partial charge in [-0.2, -0.15) is 0 Å². The molecule has 25 heavy (non-hydrogen) atoms. The highest BCUT2D eigenvalue weighted by molar-refractivity contribution is 7.80. The van der Waals surface area contributed by atoms with E-state index >= 15 is 0 Å². The minimum Gasteiger partial charge on any atom is -0.507 e. The molecule has 0 saturated carbocycles. The van der Waals surface area contributed by atoms with Gasteiger partial charge in [-0.3, -0.25) is 0 Å². The van der Waals surface area contributed by atoms with Gasteiger partial charge in [0, 0.05) is 20.9 Å². The van der Waals surface area contributed by atoms with Crippen molar-refractivity contribution in [3.8, 4) is 28.4 Å². The largest absolute Gasteiger partial charge is 0.507 e. The summed E-state index contributed by atoms with van der Waals surface area (Å²) >= 11 is 9.52. The van der Waals surface area contributed by atoms with Crippen LogP contribution in [0.2, 0.25) is 0 Å². The molecule has 0 radical (unpaired) electrons. The van der Waals surface area contributed by atoms with Crippen molar-refractivity contribution >= 4 is 29.7 Å². The molecule has 0 aliphatic heterocycles. The van der Waals surface area contributed by atoms with Gasteiger partial charge in [-0.25, -0.2) is 0 Å². The normalized spacial score (nSPS) is 9.28. The fourth-order valence-corrected chi connectivity index (χ4v) is 2.71. The van der Waals surface area contributed by atoms with Crippen molar-refractivity contribution in [2.24, 2.45) is 0 Å². The van der Waals surface area contributed by atoms with Gasteiger partial charge >= 0.3 is 0 Å². The summed E-state index contributed by atoms with van der Waals surface area (Å²) < 4.78 is 5.12. The van der Waals surface area contributed by atoms with Crippen molar-refractivity contribution in [2.45, 2.75) is 46.4 Å². The Balaban J connectivity index is 0.00000134. The zero-order valence-corrected chi connectivity index (χ0v) is 17.7. The van der Waals surface area contributed by atoms with Gasteiger partial charge in [0.15, 0.2) is 11.5 Å². The molecule has 2 aromatic rings. The average molecular weight is 381 g/mol. The Morgan fingerprint density at radius 3 is 2.04 bits per heavy atom. The minimum absolute atomic E-state index is 0.0394. The van der Waals surface area contributed by atoms with E-state index in [2.05, 4.69) is 12.6 Å². The number of aryl methyl sites for hydroxylation is 1. The van der Waals surface area contributed by atoms with E-state index in [1.165, 1.54) is 7.11 Å². The number of ether oxygens (including phenoxy) is 1. The molecular formula is C20H28O3S2. The molecule has 2 rings (SSSR count). The summed E-state index contributed by atoms with van der Waals surface area (Å²) in [6.07, 6.45) is 0. The van der Waals surface area contributed by atoms with Crippen LogP contribution >= 0.6 is 24.8 Å². The smallest absolute Gasteiger partial charge is 0.165 e. The van der Waals surface area contributed by atoms with Gasteiger partial charge in [0.25, 0.3) is 0 Å². The number of phenols is 2. The zero-order valence-electron chi connectivity index (χ0n) is 16.0. The molecule has 0 heterocycles. The van der Waals surface area contributed by atoms with Gasteiger partial charge < -0.3 is 14.9 Å². The van der Waals surface area contributed by atoms with Gasteiger partial charge in [-0.1, -0.05) is 39.9 Å². The third-order valence-electron chi connectivity index (χ3n) is 3.29. The number of aromatic hydroxyl groups is 2. The van der Waals surface area contributed by atoms with Crippen molar-refractivity contribution in [1.29, 1.82) is 0 Å². The van der Waals surface area contributed by atoms with Crippen LogP contribution in [0, 0.1) is 6.92 Å². The molecule has 3 nitrogen and oxygen atoms in total. The second-order valence-electron chi connectivity index (χ2n) is 4.78. The maximum atomic E-state index is 10.3. The van der Waals surface area contributed by atoms with E-state index in [4.69, 9.17) is 17.0 Å². The van der Waals surface area contributed by atoms with E-state index in [0.717, 1.165) is 16.0 Å². The Morgan fingerprint density at radius 2 is 1.56 bits per heavy atom. The highest BCUT2D eigenvalue weighted by atomic mass is 32.1. The molecule has 0 spiro atoms. The lowest BCUT2D eigenvalue weighted by atomic mass is 9.96. The second-order valence-corrected chi connectivity index (χ2v) is 5.91. The summed E-state index contributed by atoms with van der Waals surface area (Å²) in [5.74, 6) is 0.337. The van der Waals surface area contributed by atoms with Gasteiger partial charge in [0.2, 0.25) is 0 Å². The van der Waals surface area contributed by atoms with Gasteiger partial charge in [-0.05, 0) is 49.2 Å².